The quantitative estimate of drug-likeness (QED) is 0.871. The Bertz CT molecular complexity index is 518. The monoisotopic (exact) mass is 307 g/mol. The molecule has 0 spiro atoms. The summed E-state index contributed by atoms with van der Waals surface area (Å²) < 4.78 is 40.7. The molecule has 1 fully saturated rings. The van der Waals surface area contributed by atoms with Gasteiger partial charge in [0, 0.05) is 19.6 Å². The van der Waals surface area contributed by atoms with Gasteiger partial charge in [-0.1, -0.05) is 6.92 Å². The standard InChI is InChI=1S/C11H16F3N5O2/c1-2-4-19-8(15-16-17-19)6-18-5-3-10(7-18,9(20)21)11(12,13)14/h2-7H2,1H3,(H,20,21). The number of tetrazole rings is 1. The number of halogens is 3. The van der Waals surface area contributed by atoms with Crippen LogP contribution >= 0.6 is 0 Å². The number of aromatic nitrogens is 4. The highest BCUT2D eigenvalue weighted by Gasteiger charge is 2.63. The van der Waals surface area contributed by atoms with E-state index in [2.05, 4.69) is 15.5 Å². The Kier molecular flexibility index (Phi) is 4.17. The third kappa shape index (κ3) is 2.85. The van der Waals surface area contributed by atoms with Crippen molar-refractivity contribution >= 4 is 5.97 Å². The van der Waals surface area contributed by atoms with Gasteiger partial charge in [0.2, 0.25) is 0 Å². The van der Waals surface area contributed by atoms with Crippen molar-refractivity contribution < 1.29 is 23.1 Å². The number of hydrogen-bond donors (Lipinski definition) is 1. The van der Waals surface area contributed by atoms with Gasteiger partial charge in [-0.15, -0.1) is 5.10 Å². The van der Waals surface area contributed by atoms with Gasteiger partial charge >= 0.3 is 12.1 Å². The van der Waals surface area contributed by atoms with E-state index in [9.17, 15) is 18.0 Å². The largest absolute Gasteiger partial charge is 0.481 e. The van der Waals surface area contributed by atoms with Gasteiger partial charge in [-0.2, -0.15) is 13.2 Å². The zero-order chi connectivity index (χ0) is 15.7. The van der Waals surface area contributed by atoms with Crippen LogP contribution in [0.3, 0.4) is 0 Å². The molecule has 10 heteroatoms. The average Bonchev–Trinajstić information content (AvgIpc) is 2.98. The van der Waals surface area contributed by atoms with Crippen LogP contribution in [-0.2, 0) is 17.9 Å². The lowest BCUT2D eigenvalue weighted by Crippen LogP contribution is -2.47. The maximum absolute atomic E-state index is 13.1. The second-order valence-electron chi connectivity index (χ2n) is 5.16. The van der Waals surface area contributed by atoms with Crippen molar-refractivity contribution in [2.75, 3.05) is 13.1 Å². The van der Waals surface area contributed by atoms with Gasteiger partial charge in [0.25, 0.3) is 0 Å². The van der Waals surface area contributed by atoms with Crippen LogP contribution in [0.15, 0.2) is 0 Å². The molecule has 0 aliphatic carbocycles. The summed E-state index contributed by atoms with van der Waals surface area (Å²) >= 11 is 0. The van der Waals surface area contributed by atoms with E-state index >= 15 is 0 Å². The number of carboxylic acid groups (broad SMARTS) is 1. The molecule has 1 aromatic rings. The van der Waals surface area contributed by atoms with Crippen molar-refractivity contribution in [1.82, 2.24) is 25.1 Å². The number of carbonyl (C=O) groups is 1. The van der Waals surface area contributed by atoms with Crippen LogP contribution < -0.4 is 0 Å². The molecule has 1 aliphatic heterocycles. The lowest BCUT2D eigenvalue weighted by Gasteiger charge is -2.27. The summed E-state index contributed by atoms with van der Waals surface area (Å²) in [6.07, 6.45) is -4.44. The molecule has 0 aromatic carbocycles. The van der Waals surface area contributed by atoms with Gasteiger partial charge < -0.3 is 5.11 Å². The number of nitrogens with zero attached hydrogens (tertiary/aromatic N) is 5. The minimum atomic E-state index is -4.77. The van der Waals surface area contributed by atoms with E-state index in [-0.39, 0.29) is 13.1 Å². The molecule has 1 unspecified atom stereocenters. The lowest BCUT2D eigenvalue weighted by atomic mass is 9.86. The summed E-state index contributed by atoms with van der Waals surface area (Å²) in [6, 6.07) is 0. The molecule has 1 aliphatic rings. The highest BCUT2D eigenvalue weighted by Crippen LogP contribution is 2.45. The highest BCUT2D eigenvalue weighted by molar-refractivity contribution is 5.76. The fourth-order valence-corrected chi connectivity index (χ4v) is 2.47. The number of rotatable bonds is 5. The number of alkyl halides is 3. The molecule has 0 bridgehead atoms. The third-order valence-electron chi connectivity index (χ3n) is 3.71. The Morgan fingerprint density at radius 1 is 1.48 bits per heavy atom. The Morgan fingerprint density at radius 2 is 2.19 bits per heavy atom. The molecule has 1 aromatic heterocycles. The van der Waals surface area contributed by atoms with Crippen molar-refractivity contribution in [3.8, 4) is 0 Å². The zero-order valence-corrected chi connectivity index (χ0v) is 11.5. The predicted octanol–water partition coefficient (Wildman–Crippen LogP) is 0.922. The van der Waals surface area contributed by atoms with E-state index in [4.69, 9.17) is 5.11 Å². The van der Waals surface area contributed by atoms with Crippen LogP contribution in [0.4, 0.5) is 13.2 Å². The first-order valence-corrected chi connectivity index (χ1v) is 6.57. The number of carboxylic acids is 1. The molecule has 1 atom stereocenters. The van der Waals surface area contributed by atoms with Gasteiger partial charge in [0.15, 0.2) is 11.2 Å². The van der Waals surface area contributed by atoms with Crippen LogP contribution in [0.25, 0.3) is 0 Å². The summed E-state index contributed by atoms with van der Waals surface area (Å²) in [4.78, 5) is 12.5. The summed E-state index contributed by atoms with van der Waals surface area (Å²) in [6.45, 7) is 2.08. The fraction of sp³-hybridized carbons (Fsp3) is 0.818. The molecule has 2 heterocycles. The average molecular weight is 307 g/mol. The second kappa shape index (κ2) is 5.58. The topological polar surface area (TPSA) is 84.1 Å². The van der Waals surface area contributed by atoms with E-state index in [0.29, 0.717) is 12.4 Å². The van der Waals surface area contributed by atoms with Crippen molar-refractivity contribution in [3.05, 3.63) is 5.82 Å². The van der Waals surface area contributed by atoms with E-state index in [1.807, 2.05) is 6.92 Å². The van der Waals surface area contributed by atoms with Crippen molar-refractivity contribution in [2.45, 2.75) is 39.0 Å². The summed E-state index contributed by atoms with van der Waals surface area (Å²) in [5.41, 5.74) is -2.70. The smallest absolute Gasteiger partial charge is 0.406 e. The molecule has 2 rings (SSSR count). The predicted molar refractivity (Wildman–Crippen MR) is 64.1 cm³/mol. The normalized spacial score (nSPS) is 23.6. The first-order valence-electron chi connectivity index (χ1n) is 6.57. The van der Waals surface area contributed by atoms with Crippen molar-refractivity contribution in [1.29, 1.82) is 0 Å². The number of hydrogen-bond acceptors (Lipinski definition) is 5. The maximum atomic E-state index is 13.1. The first-order chi connectivity index (χ1) is 9.80. The highest BCUT2D eigenvalue weighted by atomic mass is 19.4. The minimum absolute atomic E-state index is 0.0464. The maximum Gasteiger partial charge on any atom is 0.406 e. The fourth-order valence-electron chi connectivity index (χ4n) is 2.47. The molecule has 0 saturated carbocycles. The minimum Gasteiger partial charge on any atom is -0.481 e. The molecule has 7 nitrogen and oxygen atoms in total. The van der Waals surface area contributed by atoms with Crippen LogP contribution in [0, 0.1) is 5.41 Å². The van der Waals surface area contributed by atoms with E-state index in [0.717, 1.165) is 6.42 Å². The summed E-state index contributed by atoms with van der Waals surface area (Å²) in [7, 11) is 0. The Balaban J connectivity index is 2.11. The molecule has 1 saturated heterocycles. The van der Waals surface area contributed by atoms with Crippen molar-refractivity contribution in [2.24, 2.45) is 5.41 Å². The van der Waals surface area contributed by atoms with Crippen molar-refractivity contribution in [3.63, 3.8) is 0 Å². The third-order valence-corrected chi connectivity index (χ3v) is 3.71. The van der Waals surface area contributed by atoms with Crippen LogP contribution in [0.1, 0.15) is 25.6 Å². The van der Waals surface area contributed by atoms with Gasteiger partial charge in [-0.25, -0.2) is 4.68 Å². The number of aliphatic carboxylic acids is 1. The SMILES string of the molecule is CCCn1nnnc1CN1CCC(C(=O)O)(C(F)(F)F)C1. The molecule has 0 amide bonds. The second-order valence-corrected chi connectivity index (χ2v) is 5.16. The van der Waals surface area contributed by atoms with E-state index < -0.39 is 30.5 Å². The Hall–Kier alpha value is -1.71. The van der Waals surface area contributed by atoms with E-state index in [1.165, 1.54) is 9.58 Å². The first kappa shape index (κ1) is 15.7. The summed E-state index contributed by atoms with van der Waals surface area (Å²) in [5, 5.41) is 20.0. The molecular formula is C11H16F3N5O2. The van der Waals surface area contributed by atoms with Crippen LogP contribution in [0.5, 0.6) is 0 Å². The Morgan fingerprint density at radius 3 is 2.71 bits per heavy atom. The zero-order valence-electron chi connectivity index (χ0n) is 11.5. The molecule has 1 N–H and O–H groups in total. The summed E-state index contributed by atoms with van der Waals surface area (Å²) in [5.74, 6) is -1.38. The molecule has 0 radical (unpaired) electrons. The van der Waals surface area contributed by atoms with Crippen LogP contribution in [-0.4, -0.2) is 55.4 Å². The molecule has 118 valence electrons. The molecular weight excluding hydrogens is 291 g/mol. The number of aryl methyl sites for hydroxylation is 1. The lowest BCUT2D eigenvalue weighted by molar-refractivity contribution is -0.227. The Labute approximate surface area is 118 Å². The number of likely N-dealkylation sites (tertiary alicyclic amines) is 1. The van der Waals surface area contributed by atoms with Gasteiger partial charge in [0.05, 0.1) is 6.54 Å². The van der Waals surface area contributed by atoms with Crippen LogP contribution in [0.2, 0.25) is 0 Å². The molecule has 21 heavy (non-hydrogen) atoms. The van der Waals surface area contributed by atoms with Gasteiger partial charge in [0.1, 0.15) is 0 Å². The van der Waals surface area contributed by atoms with E-state index in [1.54, 1.807) is 0 Å². The van der Waals surface area contributed by atoms with Gasteiger partial charge in [-0.05, 0) is 23.3 Å². The van der Waals surface area contributed by atoms with Gasteiger partial charge in [-0.3, -0.25) is 9.69 Å².